The Hall–Kier alpha value is -1.95. The van der Waals surface area contributed by atoms with Crippen molar-refractivity contribution in [2.24, 2.45) is 5.41 Å². The van der Waals surface area contributed by atoms with E-state index in [0.29, 0.717) is 6.54 Å². The topological polar surface area (TPSA) is 52.7 Å². The van der Waals surface area contributed by atoms with Gasteiger partial charge in [0.25, 0.3) is 5.56 Å². The van der Waals surface area contributed by atoms with Gasteiger partial charge >= 0.3 is 0 Å². The summed E-state index contributed by atoms with van der Waals surface area (Å²) in [4.78, 5) is 21.5. The Labute approximate surface area is 133 Å². The first-order chi connectivity index (χ1) is 10.4. The third-order valence-electron chi connectivity index (χ3n) is 3.96. The molecule has 22 heavy (non-hydrogen) atoms. The molecule has 0 aliphatic rings. The maximum Gasteiger partial charge on any atom is 0.271 e. The van der Waals surface area contributed by atoms with Crippen LogP contribution in [-0.2, 0) is 6.54 Å². The molecule has 0 aromatic carbocycles. The first kappa shape index (κ1) is 15.0. The highest BCUT2D eigenvalue weighted by Gasteiger charge is 2.28. The van der Waals surface area contributed by atoms with Crippen molar-refractivity contribution in [1.82, 2.24) is 19.1 Å². The molecule has 0 saturated heterocycles. The van der Waals surface area contributed by atoms with Gasteiger partial charge in [0.2, 0.25) is 0 Å². The third-order valence-corrected chi connectivity index (χ3v) is 5.04. The molecular weight excluding hydrogens is 296 g/mol. The van der Waals surface area contributed by atoms with Crippen LogP contribution in [0.4, 0.5) is 0 Å². The van der Waals surface area contributed by atoms with E-state index in [4.69, 9.17) is 0 Å². The predicted molar refractivity (Wildman–Crippen MR) is 89.3 cm³/mol. The van der Waals surface area contributed by atoms with Crippen molar-refractivity contribution in [3.63, 3.8) is 0 Å². The summed E-state index contributed by atoms with van der Waals surface area (Å²) >= 11 is 1.48. The highest BCUT2D eigenvalue weighted by atomic mass is 32.1. The van der Waals surface area contributed by atoms with E-state index in [2.05, 4.69) is 30.7 Å². The molecule has 3 rings (SSSR count). The summed E-state index contributed by atoms with van der Waals surface area (Å²) in [5.74, 6) is 0. The summed E-state index contributed by atoms with van der Waals surface area (Å²) in [6, 6.07) is 0.00788. The minimum absolute atomic E-state index is 0.00788. The fourth-order valence-corrected chi connectivity index (χ4v) is 3.57. The smallest absolute Gasteiger partial charge is 0.271 e. The van der Waals surface area contributed by atoms with Crippen LogP contribution in [0, 0.1) is 12.3 Å². The van der Waals surface area contributed by atoms with Gasteiger partial charge in [-0.3, -0.25) is 9.36 Å². The SMILES string of the molecule is Cc1csc2c(=O)n(C(Cn3ccnc3)C(C)(C)C)cnc12. The monoisotopic (exact) mass is 316 g/mol. The number of rotatable bonds is 3. The van der Waals surface area contributed by atoms with Crippen LogP contribution in [0.5, 0.6) is 0 Å². The van der Waals surface area contributed by atoms with Gasteiger partial charge < -0.3 is 4.57 Å². The zero-order valence-corrected chi connectivity index (χ0v) is 14.1. The Kier molecular flexibility index (Phi) is 3.64. The molecule has 0 N–H and O–H groups in total. The van der Waals surface area contributed by atoms with Crippen LogP contribution in [0.25, 0.3) is 10.2 Å². The van der Waals surface area contributed by atoms with Crippen LogP contribution in [0.15, 0.2) is 35.2 Å². The van der Waals surface area contributed by atoms with Crippen molar-refractivity contribution in [1.29, 1.82) is 0 Å². The average Bonchev–Trinajstić information content (AvgIpc) is 3.07. The van der Waals surface area contributed by atoms with E-state index in [1.54, 1.807) is 23.4 Å². The molecule has 0 saturated carbocycles. The summed E-state index contributed by atoms with van der Waals surface area (Å²) in [5.41, 5.74) is 1.85. The largest absolute Gasteiger partial charge is 0.335 e. The number of aryl methyl sites for hydroxylation is 1. The van der Waals surface area contributed by atoms with E-state index >= 15 is 0 Å². The number of fused-ring (bicyclic) bond motifs is 1. The Bertz CT molecular complexity index is 839. The fourth-order valence-electron chi connectivity index (χ4n) is 2.64. The van der Waals surface area contributed by atoms with Crippen LogP contribution >= 0.6 is 11.3 Å². The summed E-state index contributed by atoms with van der Waals surface area (Å²) in [5, 5.41) is 1.99. The van der Waals surface area contributed by atoms with Crippen LogP contribution in [-0.4, -0.2) is 19.1 Å². The molecule has 116 valence electrons. The van der Waals surface area contributed by atoms with Gasteiger partial charge in [0.05, 0.1) is 24.2 Å². The molecule has 6 heteroatoms. The van der Waals surface area contributed by atoms with E-state index in [1.165, 1.54) is 11.3 Å². The third kappa shape index (κ3) is 2.59. The van der Waals surface area contributed by atoms with Gasteiger partial charge in [0.15, 0.2) is 0 Å². The van der Waals surface area contributed by atoms with E-state index < -0.39 is 0 Å². The van der Waals surface area contributed by atoms with Gasteiger partial charge in [0.1, 0.15) is 4.70 Å². The summed E-state index contributed by atoms with van der Waals surface area (Å²) in [7, 11) is 0. The molecule has 0 radical (unpaired) electrons. The van der Waals surface area contributed by atoms with E-state index in [9.17, 15) is 4.79 Å². The lowest BCUT2D eigenvalue weighted by Crippen LogP contribution is -2.35. The number of hydrogen-bond donors (Lipinski definition) is 0. The lowest BCUT2D eigenvalue weighted by Gasteiger charge is -2.32. The quantitative estimate of drug-likeness (QED) is 0.745. The van der Waals surface area contributed by atoms with Gasteiger partial charge in [-0.2, -0.15) is 0 Å². The van der Waals surface area contributed by atoms with Gasteiger partial charge in [0, 0.05) is 18.9 Å². The molecule has 0 amide bonds. The second kappa shape index (κ2) is 5.35. The molecule has 0 aliphatic heterocycles. The molecule has 1 atom stereocenters. The molecule has 0 bridgehead atoms. The number of imidazole rings is 1. The van der Waals surface area contributed by atoms with Gasteiger partial charge in [-0.15, -0.1) is 11.3 Å². The van der Waals surface area contributed by atoms with Crippen LogP contribution in [0.1, 0.15) is 32.4 Å². The lowest BCUT2D eigenvalue weighted by molar-refractivity contribution is 0.210. The van der Waals surface area contributed by atoms with Crippen molar-refractivity contribution in [3.8, 4) is 0 Å². The number of thiophene rings is 1. The highest BCUT2D eigenvalue weighted by Crippen LogP contribution is 2.31. The van der Waals surface area contributed by atoms with Gasteiger partial charge in [-0.25, -0.2) is 9.97 Å². The van der Waals surface area contributed by atoms with Crippen LogP contribution in [0.2, 0.25) is 0 Å². The molecule has 3 aromatic rings. The molecular formula is C16H20N4OS. The van der Waals surface area contributed by atoms with Crippen molar-refractivity contribution in [2.75, 3.05) is 0 Å². The first-order valence-electron chi connectivity index (χ1n) is 7.28. The van der Waals surface area contributed by atoms with Crippen molar-refractivity contribution in [2.45, 2.75) is 40.3 Å². The fraction of sp³-hybridized carbons (Fsp3) is 0.438. The Morgan fingerprint density at radius 2 is 2.09 bits per heavy atom. The summed E-state index contributed by atoms with van der Waals surface area (Å²) < 4.78 is 4.52. The summed E-state index contributed by atoms with van der Waals surface area (Å²) in [6.45, 7) is 9.12. The van der Waals surface area contributed by atoms with Crippen molar-refractivity contribution < 1.29 is 0 Å². The molecule has 3 heterocycles. The molecule has 3 aromatic heterocycles. The van der Waals surface area contributed by atoms with Gasteiger partial charge in [-0.1, -0.05) is 20.8 Å². The van der Waals surface area contributed by atoms with Crippen LogP contribution < -0.4 is 5.56 Å². The maximum absolute atomic E-state index is 12.9. The van der Waals surface area contributed by atoms with Crippen LogP contribution in [0.3, 0.4) is 0 Å². The van der Waals surface area contributed by atoms with Gasteiger partial charge in [-0.05, 0) is 23.3 Å². The maximum atomic E-state index is 12.9. The Balaban J connectivity index is 2.12. The number of hydrogen-bond acceptors (Lipinski definition) is 4. The second-order valence-corrected chi connectivity index (χ2v) is 7.57. The zero-order valence-electron chi connectivity index (χ0n) is 13.3. The minimum Gasteiger partial charge on any atom is -0.335 e. The minimum atomic E-state index is -0.0737. The molecule has 1 unspecified atom stereocenters. The lowest BCUT2D eigenvalue weighted by atomic mass is 9.86. The first-order valence-corrected chi connectivity index (χ1v) is 8.16. The molecule has 0 spiro atoms. The van der Waals surface area contributed by atoms with E-state index in [-0.39, 0.29) is 17.0 Å². The molecule has 0 fully saturated rings. The normalized spacial score (nSPS) is 13.6. The Morgan fingerprint density at radius 1 is 1.32 bits per heavy atom. The second-order valence-electron chi connectivity index (χ2n) is 6.69. The van der Waals surface area contributed by atoms with Crippen molar-refractivity contribution >= 4 is 21.6 Å². The van der Waals surface area contributed by atoms with Crippen molar-refractivity contribution in [3.05, 3.63) is 46.3 Å². The molecule has 0 aliphatic carbocycles. The Morgan fingerprint density at radius 3 is 2.73 bits per heavy atom. The highest BCUT2D eigenvalue weighted by molar-refractivity contribution is 7.17. The number of nitrogens with zero attached hydrogens (tertiary/aromatic N) is 4. The average molecular weight is 316 g/mol. The number of aromatic nitrogens is 4. The van der Waals surface area contributed by atoms with E-state index in [1.807, 2.05) is 23.1 Å². The summed E-state index contributed by atoms with van der Waals surface area (Å²) in [6.07, 6.45) is 7.15. The zero-order chi connectivity index (χ0) is 15.9. The predicted octanol–water partition coefficient (Wildman–Crippen LogP) is 3.25. The van der Waals surface area contributed by atoms with E-state index in [0.717, 1.165) is 15.8 Å². The molecule has 5 nitrogen and oxygen atoms in total. The standard InChI is InChI=1S/C16H20N4OS/c1-11-8-22-14-13(11)18-10-20(15(14)21)12(16(2,3)4)7-19-6-5-17-9-19/h5-6,8-10,12H,7H2,1-4H3.